The van der Waals surface area contributed by atoms with Crippen molar-refractivity contribution in [2.75, 3.05) is 50.8 Å². The zero-order chi connectivity index (χ0) is 30.4. The molecule has 224 valence electrons. The van der Waals surface area contributed by atoms with E-state index in [1.807, 2.05) is 13.0 Å². The molecule has 1 fully saturated rings. The van der Waals surface area contributed by atoms with Crippen LogP contribution in [0.4, 0.5) is 18.9 Å². The van der Waals surface area contributed by atoms with Crippen molar-refractivity contribution >= 4 is 29.2 Å². The van der Waals surface area contributed by atoms with E-state index < -0.39 is 17.6 Å². The molecule has 0 spiro atoms. The molecule has 0 atom stereocenters. The maximum absolute atomic E-state index is 14.0. The average molecular weight is 608 g/mol. The standard InChI is InChI=1S/C31H32F3N7OS/c1-22-5-6-24(18-23(22)8-10-27-21-36-29-4-3-11-37-41(27)29)30(42)38-26-9-7-25(28(19-26)31(32,33)34)20-35-12-13-39-14-16-40(43-2)17-15-39/h3-7,9,11,18-19,21,35H,12-17,20H2,1-2H3,(H,38,42). The number of aromatic nitrogens is 3. The minimum atomic E-state index is -4.56. The van der Waals surface area contributed by atoms with E-state index in [0.29, 0.717) is 23.4 Å². The molecule has 5 rings (SSSR count). The van der Waals surface area contributed by atoms with Crippen LogP contribution in [0.25, 0.3) is 5.65 Å². The summed E-state index contributed by atoms with van der Waals surface area (Å²) in [6.07, 6.45) is 0.752. The Hall–Kier alpha value is -3.89. The number of aryl methyl sites for hydroxylation is 1. The van der Waals surface area contributed by atoms with Crippen LogP contribution in [0.15, 0.2) is 60.9 Å². The first kappa shape index (κ1) is 30.6. The smallest absolute Gasteiger partial charge is 0.322 e. The van der Waals surface area contributed by atoms with E-state index in [0.717, 1.165) is 44.4 Å². The zero-order valence-electron chi connectivity index (χ0n) is 23.9. The summed E-state index contributed by atoms with van der Waals surface area (Å²) in [6, 6.07) is 12.5. The van der Waals surface area contributed by atoms with Gasteiger partial charge in [0.1, 0.15) is 5.69 Å². The Kier molecular flexibility index (Phi) is 9.67. The van der Waals surface area contributed by atoms with Gasteiger partial charge < -0.3 is 10.6 Å². The summed E-state index contributed by atoms with van der Waals surface area (Å²) in [6.45, 7) is 7.15. The maximum Gasteiger partial charge on any atom is 0.416 e. The Morgan fingerprint density at radius 1 is 1.07 bits per heavy atom. The number of imidazole rings is 1. The van der Waals surface area contributed by atoms with Gasteiger partial charge in [-0.05, 0) is 66.6 Å². The number of alkyl halides is 3. The van der Waals surface area contributed by atoms with Crippen LogP contribution in [-0.2, 0) is 12.7 Å². The van der Waals surface area contributed by atoms with Gasteiger partial charge in [-0.2, -0.15) is 18.3 Å². The van der Waals surface area contributed by atoms with Crippen molar-refractivity contribution < 1.29 is 18.0 Å². The van der Waals surface area contributed by atoms with Crippen molar-refractivity contribution in [1.29, 1.82) is 0 Å². The Labute approximate surface area is 252 Å². The number of anilines is 1. The number of fused-ring (bicyclic) bond motifs is 1. The Morgan fingerprint density at radius 3 is 2.65 bits per heavy atom. The van der Waals surface area contributed by atoms with Gasteiger partial charge in [-0.3, -0.25) is 9.69 Å². The quantitative estimate of drug-likeness (QED) is 0.171. The second-order valence-corrected chi connectivity index (χ2v) is 11.1. The SMILES string of the molecule is CSN1CCN(CCNCc2ccc(NC(=O)c3ccc(C)c(C#Cc4cnc5cccnn45)c3)cc2C(F)(F)F)CC1. The number of nitrogens with zero attached hydrogens (tertiary/aromatic N) is 5. The van der Waals surface area contributed by atoms with Gasteiger partial charge in [-0.1, -0.05) is 30.0 Å². The Morgan fingerprint density at radius 2 is 1.88 bits per heavy atom. The largest absolute Gasteiger partial charge is 0.416 e. The molecular weight excluding hydrogens is 575 g/mol. The molecule has 1 saturated heterocycles. The normalized spacial score (nSPS) is 14.4. The summed E-state index contributed by atoms with van der Waals surface area (Å²) < 4.78 is 45.8. The summed E-state index contributed by atoms with van der Waals surface area (Å²) in [7, 11) is 0. The molecule has 4 aromatic rings. The number of nitrogens with one attached hydrogen (secondary N) is 2. The van der Waals surface area contributed by atoms with Gasteiger partial charge in [-0.15, -0.1) is 0 Å². The first-order valence-electron chi connectivity index (χ1n) is 13.9. The van der Waals surface area contributed by atoms with Gasteiger partial charge in [0.05, 0.1) is 11.8 Å². The number of carbonyl (C=O) groups excluding carboxylic acids is 1. The number of halogens is 3. The van der Waals surface area contributed by atoms with E-state index in [-0.39, 0.29) is 23.4 Å². The number of hydrogen-bond acceptors (Lipinski definition) is 7. The summed E-state index contributed by atoms with van der Waals surface area (Å²) in [5, 5.41) is 10.0. The van der Waals surface area contributed by atoms with Crippen LogP contribution in [0.2, 0.25) is 0 Å². The molecule has 3 heterocycles. The first-order chi connectivity index (χ1) is 20.7. The summed E-state index contributed by atoms with van der Waals surface area (Å²) in [4.78, 5) is 19.6. The lowest BCUT2D eigenvalue weighted by Gasteiger charge is -2.33. The summed E-state index contributed by atoms with van der Waals surface area (Å²) in [5.41, 5.74) is 2.43. The van der Waals surface area contributed by atoms with Crippen LogP contribution in [0.3, 0.4) is 0 Å². The summed E-state index contributed by atoms with van der Waals surface area (Å²) in [5.74, 6) is 5.57. The van der Waals surface area contributed by atoms with Crippen molar-refractivity contribution in [1.82, 2.24) is 29.1 Å². The van der Waals surface area contributed by atoms with Crippen molar-refractivity contribution in [3.8, 4) is 11.8 Å². The average Bonchev–Trinajstić information content (AvgIpc) is 3.42. The van der Waals surface area contributed by atoms with Gasteiger partial charge in [-0.25, -0.2) is 13.8 Å². The third-order valence-corrected chi connectivity index (χ3v) is 8.17. The van der Waals surface area contributed by atoms with Gasteiger partial charge in [0.2, 0.25) is 0 Å². The predicted molar refractivity (Wildman–Crippen MR) is 163 cm³/mol. The highest BCUT2D eigenvalue weighted by Crippen LogP contribution is 2.34. The van der Waals surface area contributed by atoms with Gasteiger partial charge in [0, 0.05) is 68.8 Å². The van der Waals surface area contributed by atoms with Crippen molar-refractivity contribution in [2.45, 2.75) is 19.6 Å². The van der Waals surface area contributed by atoms with E-state index in [9.17, 15) is 18.0 Å². The van der Waals surface area contributed by atoms with E-state index in [1.165, 1.54) is 12.1 Å². The van der Waals surface area contributed by atoms with E-state index in [4.69, 9.17) is 0 Å². The second kappa shape index (κ2) is 13.6. The highest BCUT2D eigenvalue weighted by Gasteiger charge is 2.33. The molecule has 0 bridgehead atoms. The fourth-order valence-corrected chi connectivity index (χ4v) is 5.34. The fraction of sp³-hybridized carbons (Fsp3) is 0.323. The summed E-state index contributed by atoms with van der Waals surface area (Å²) >= 11 is 1.73. The van der Waals surface area contributed by atoms with E-state index in [2.05, 4.69) is 48.0 Å². The van der Waals surface area contributed by atoms with Crippen molar-refractivity contribution in [3.63, 3.8) is 0 Å². The molecular formula is C31H32F3N7OS. The molecule has 1 aliphatic heterocycles. The van der Waals surface area contributed by atoms with Crippen LogP contribution in [0.1, 0.15) is 38.3 Å². The minimum Gasteiger partial charge on any atom is -0.322 e. The number of amides is 1. The monoisotopic (exact) mass is 607 g/mol. The lowest BCUT2D eigenvalue weighted by molar-refractivity contribution is -0.138. The lowest BCUT2D eigenvalue weighted by Crippen LogP contribution is -2.45. The lowest BCUT2D eigenvalue weighted by atomic mass is 10.0. The molecule has 2 N–H and O–H groups in total. The minimum absolute atomic E-state index is 0.0674. The molecule has 0 aliphatic carbocycles. The third-order valence-electron chi connectivity index (χ3n) is 7.29. The maximum atomic E-state index is 14.0. The highest BCUT2D eigenvalue weighted by molar-refractivity contribution is 7.96. The van der Waals surface area contributed by atoms with Crippen LogP contribution in [-0.4, -0.2) is 75.2 Å². The fourth-order valence-electron chi connectivity index (χ4n) is 4.82. The third kappa shape index (κ3) is 7.74. The number of carbonyl (C=O) groups is 1. The zero-order valence-corrected chi connectivity index (χ0v) is 24.7. The Balaban J connectivity index is 1.24. The number of hydrogen-bond donors (Lipinski definition) is 2. The van der Waals surface area contributed by atoms with Crippen molar-refractivity contribution in [3.05, 3.63) is 94.4 Å². The van der Waals surface area contributed by atoms with Crippen LogP contribution in [0, 0.1) is 18.8 Å². The predicted octanol–water partition coefficient (Wildman–Crippen LogP) is 4.69. The van der Waals surface area contributed by atoms with Crippen molar-refractivity contribution in [2.24, 2.45) is 0 Å². The topological polar surface area (TPSA) is 77.8 Å². The molecule has 43 heavy (non-hydrogen) atoms. The molecule has 1 amide bonds. The number of benzene rings is 2. The van der Waals surface area contributed by atoms with Gasteiger partial charge >= 0.3 is 6.18 Å². The molecule has 2 aromatic heterocycles. The first-order valence-corrected chi connectivity index (χ1v) is 15.0. The Bertz CT molecular complexity index is 1650. The molecule has 0 saturated carbocycles. The van der Waals surface area contributed by atoms with Gasteiger partial charge in [0.25, 0.3) is 5.91 Å². The molecule has 1 aliphatic rings. The molecule has 0 unspecified atom stereocenters. The molecule has 2 aromatic carbocycles. The second-order valence-electron chi connectivity index (χ2n) is 10.2. The molecule has 12 heteroatoms. The number of rotatable bonds is 8. The van der Waals surface area contributed by atoms with E-state index >= 15 is 0 Å². The van der Waals surface area contributed by atoms with Crippen LogP contribution >= 0.6 is 11.9 Å². The molecule has 8 nitrogen and oxygen atoms in total. The van der Waals surface area contributed by atoms with E-state index in [1.54, 1.807) is 53.1 Å². The highest BCUT2D eigenvalue weighted by atomic mass is 32.2. The number of piperazine rings is 1. The van der Waals surface area contributed by atoms with Gasteiger partial charge in [0.15, 0.2) is 5.65 Å². The molecule has 0 radical (unpaired) electrons. The van der Waals surface area contributed by atoms with Crippen LogP contribution < -0.4 is 10.6 Å². The van der Waals surface area contributed by atoms with Crippen LogP contribution in [0.5, 0.6) is 0 Å².